The smallest absolute Gasteiger partial charge is 0.191 e. The molecule has 116 valence electrons. The first-order chi connectivity index (χ1) is 10.3. The van der Waals surface area contributed by atoms with Crippen molar-refractivity contribution in [1.82, 2.24) is 10.6 Å². The second-order valence-corrected chi connectivity index (χ2v) is 5.46. The van der Waals surface area contributed by atoms with Crippen LogP contribution >= 0.6 is 0 Å². The summed E-state index contributed by atoms with van der Waals surface area (Å²) < 4.78 is 5.64. The molecule has 2 N–H and O–H groups in total. The van der Waals surface area contributed by atoms with Crippen LogP contribution in [0.3, 0.4) is 0 Å². The summed E-state index contributed by atoms with van der Waals surface area (Å²) in [4.78, 5) is 4.66. The molecule has 1 aliphatic rings. The lowest BCUT2D eigenvalue weighted by atomic mass is 10.1. The van der Waals surface area contributed by atoms with E-state index in [1.165, 1.54) is 18.4 Å². The van der Waals surface area contributed by atoms with Crippen molar-refractivity contribution in [1.29, 1.82) is 0 Å². The molecule has 4 heteroatoms. The van der Waals surface area contributed by atoms with Gasteiger partial charge in [0.25, 0.3) is 0 Å². The molecule has 1 aliphatic heterocycles. The van der Waals surface area contributed by atoms with Crippen molar-refractivity contribution in [2.24, 2.45) is 4.99 Å². The molecule has 0 aromatic heterocycles. The van der Waals surface area contributed by atoms with Crippen molar-refractivity contribution in [2.45, 2.75) is 45.3 Å². The van der Waals surface area contributed by atoms with E-state index in [2.05, 4.69) is 53.7 Å². The molecule has 21 heavy (non-hydrogen) atoms. The molecule has 1 saturated heterocycles. The second-order valence-electron chi connectivity index (χ2n) is 5.46. The van der Waals surface area contributed by atoms with Crippen molar-refractivity contribution in [3.8, 4) is 0 Å². The van der Waals surface area contributed by atoms with Gasteiger partial charge in [0.1, 0.15) is 0 Å². The van der Waals surface area contributed by atoms with E-state index in [1.54, 1.807) is 0 Å². The monoisotopic (exact) mass is 289 g/mol. The van der Waals surface area contributed by atoms with E-state index in [4.69, 9.17) is 4.74 Å². The van der Waals surface area contributed by atoms with Crippen molar-refractivity contribution in [3.63, 3.8) is 0 Å². The zero-order valence-electron chi connectivity index (χ0n) is 13.1. The Morgan fingerprint density at radius 3 is 2.86 bits per heavy atom. The van der Waals surface area contributed by atoms with E-state index in [-0.39, 0.29) is 6.04 Å². The fraction of sp³-hybridized carbons (Fsp3) is 0.588. The van der Waals surface area contributed by atoms with Gasteiger partial charge in [-0.05, 0) is 38.7 Å². The van der Waals surface area contributed by atoms with E-state index in [0.717, 1.165) is 32.1 Å². The highest BCUT2D eigenvalue weighted by molar-refractivity contribution is 5.80. The molecule has 0 saturated carbocycles. The van der Waals surface area contributed by atoms with Gasteiger partial charge in [-0.2, -0.15) is 0 Å². The van der Waals surface area contributed by atoms with Gasteiger partial charge in [-0.3, -0.25) is 4.99 Å². The number of rotatable bonds is 6. The molecule has 1 aromatic rings. The van der Waals surface area contributed by atoms with E-state index in [0.29, 0.717) is 6.10 Å². The molecule has 0 amide bonds. The molecular weight excluding hydrogens is 262 g/mol. The molecule has 2 unspecified atom stereocenters. The number of guanidine groups is 1. The van der Waals surface area contributed by atoms with Crippen LogP contribution in [-0.4, -0.2) is 31.8 Å². The fourth-order valence-electron chi connectivity index (χ4n) is 2.54. The summed E-state index contributed by atoms with van der Waals surface area (Å²) in [7, 11) is 0. The molecule has 0 radical (unpaired) electrons. The molecule has 1 fully saturated rings. The Hall–Kier alpha value is -1.55. The maximum absolute atomic E-state index is 5.64. The maximum Gasteiger partial charge on any atom is 0.191 e. The van der Waals surface area contributed by atoms with Crippen molar-refractivity contribution in [3.05, 3.63) is 35.9 Å². The van der Waals surface area contributed by atoms with Gasteiger partial charge in [0, 0.05) is 19.7 Å². The van der Waals surface area contributed by atoms with Gasteiger partial charge in [0.15, 0.2) is 5.96 Å². The van der Waals surface area contributed by atoms with Gasteiger partial charge in [0.2, 0.25) is 0 Å². The minimum absolute atomic E-state index is 0.242. The highest BCUT2D eigenvalue weighted by Crippen LogP contribution is 2.15. The van der Waals surface area contributed by atoms with Gasteiger partial charge >= 0.3 is 0 Å². The van der Waals surface area contributed by atoms with Gasteiger partial charge in [-0.15, -0.1) is 0 Å². The van der Waals surface area contributed by atoms with Crippen LogP contribution in [0.4, 0.5) is 0 Å². The van der Waals surface area contributed by atoms with Gasteiger partial charge < -0.3 is 15.4 Å². The zero-order chi connectivity index (χ0) is 14.9. The summed E-state index contributed by atoms with van der Waals surface area (Å²) in [6, 6.07) is 10.7. The first-order valence-electron chi connectivity index (χ1n) is 8.01. The third-order valence-corrected chi connectivity index (χ3v) is 3.74. The second kappa shape index (κ2) is 8.67. The Labute approximate surface area is 128 Å². The number of hydrogen-bond acceptors (Lipinski definition) is 2. The Balaban J connectivity index is 1.85. The summed E-state index contributed by atoms with van der Waals surface area (Å²) >= 11 is 0. The molecule has 2 atom stereocenters. The Bertz CT molecular complexity index is 427. The summed E-state index contributed by atoms with van der Waals surface area (Å²) in [6.07, 6.45) is 3.79. The van der Waals surface area contributed by atoms with E-state index < -0.39 is 0 Å². The highest BCUT2D eigenvalue weighted by Gasteiger charge is 2.14. The average molecular weight is 289 g/mol. The van der Waals surface area contributed by atoms with Gasteiger partial charge in [-0.25, -0.2) is 0 Å². The van der Waals surface area contributed by atoms with Gasteiger partial charge in [0.05, 0.1) is 12.1 Å². The SMILES string of the molecule is CCNC(=NCCC1CCCO1)NC(C)c1ccccc1. The van der Waals surface area contributed by atoms with Crippen LogP contribution in [0.25, 0.3) is 0 Å². The third-order valence-electron chi connectivity index (χ3n) is 3.74. The molecule has 1 heterocycles. The lowest BCUT2D eigenvalue weighted by Gasteiger charge is -2.18. The fourth-order valence-corrected chi connectivity index (χ4v) is 2.54. The molecule has 1 aromatic carbocycles. The average Bonchev–Trinajstić information content (AvgIpc) is 3.01. The molecular formula is C17H27N3O. The summed E-state index contributed by atoms with van der Waals surface area (Å²) in [5, 5.41) is 6.76. The van der Waals surface area contributed by atoms with Crippen LogP contribution in [0.1, 0.15) is 44.7 Å². The third kappa shape index (κ3) is 5.38. The number of benzene rings is 1. The van der Waals surface area contributed by atoms with Crippen LogP contribution in [0.15, 0.2) is 35.3 Å². The largest absolute Gasteiger partial charge is 0.378 e. The summed E-state index contributed by atoms with van der Waals surface area (Å²) in [5.41, 5.74) is 1.27. The first kappa shape index (κ1) is 15.8. The number of aliphatic imine (C=N–C) groups is 1. The van der Waals surface area contributed by atoms with E-state index in [9.17, 15) is 0 Å². The minimum atomic E-state index is 0.242. The standard InChI is InChI=1S/C17H27N3O/c1-3-18-17(19-12-11-16-10-7-13-21-16)20-14(2)15-8-5-4-6-9-15/h4-6,8-9,14,16H,3,7,10-13H2,1-2H3,(H2,18,19,20). The Kier molecular flexibility index (Phi) is 6.54. The predicted octanol–water partition coefficient (Wildman–Crippen LogP) is 2.87. The number of nitrogens with one attached hydrogen (secondary N) is 2. The van der Waals surface area contributed by atoms with Gasteiger partial charge in [-0.1, -0.05) is 30.3 Å². The van der Waals surface area contributed by atoms with Crippen LogP contribution in [0, 0.1) is 0 Å². The molecule has 4 nitrogen and oxygen atoms in total. The Morgan fingerprint density at radius 1 is 1.38 bits per heavy atom. The van der Waals surface area contributed by atoms with Crippen LogP contribution in [0.5, 0.6) is 0 Å². The summed E-state index contributed by atoms with van der Waals surface area (Å²) in [5.74, 6) is 0.881. The molecule has 0 spiro atoms. The van der Waals surface area contributed by atoms with Crippen LogP contribution in [-0.2, 0) is 4.74 Å². The zero-order valence-corrected chi connectivity index (χ0v) is 13.1. The highest BCUT2D eigenvalue weighted by atomic mass is 16.5. The normalized spacial score (nSPS) is 20.3. The maximum atomic E-state index is 5.64. The van der Waals surface area contributed by atoms with Crippen LogP contribution in [0.2, 0.25) is 0 Å². The topological polar surface area (TPSA) is 45.7 Å². The lowest BCUT2D eigenvalue weighted by molar-refractivity contribution is 0.106. The first-order valence-corrected chi connectivity index (χ1v) is 8.01. The van der Waals surface area contributed by atoms with E-state index in [1.807, 2.05) is 6.07 Å². The predicted molar refractivity (Wildman–Crippen MR) is 87.6 cm³/mol. The molecule has 2 rings (SSSR count). The number of hydrogen-bond donors (Lipinski definition) is 2. The van der Waals surface area contributed by atoms with Crippen molar-refractivity contribution in [2.75, 3.05) is 19.7 Å². The van der Waals surface area contributed by atoms with Crippen molar-refractivity contribution >= 4 is 5.96 Å². The van der Waals surface area contributed by atoms with Crippen LogP contribution < -0.4 is 10.6 Å². The minimum Gasteiger partial charge on any atom is -0.378 e. The molecule has 0 bridgehead atoms. The molecule has 0 aliphatic carbocycles. The number of nitrogens with zero attached hydrogens (tertiary/aromatic N) is 1. The lowest BCUT2D eigenvalue weighted by Crippen LogP contribution is -2.38. The van der Waals surface area contributed by atoms with E-state index >= 15 is 0 Å². The Morgan fingerprint density at radius 2 is 2.19 bits per heavy atom. The quantitative estimate of drug-likeness (QED) is 0.625. The summed E-state index contributed by atoms with van der Waals surface area (Å²) in [6.45, 7) is 6.83. The number of ether oxygens (including phenoxy) is 1. The van der Waals surface area contributed by atoms with Crippen molar-refractivity contribution < 1.29 is 4.74 Å².